The van der Waals surface area contributed by atoms with Crippen molar-refractivity contribution in [3.8, 4) is 22.3 Å². The van der Waals surface area contributed by atoms with Crippen LogP contribution in [0.2, 0.25) is 0 Å². The molecular formula is C56H51N. The van der Waals surface area contributed by atoms with Crippen LogP contribution in [0.25, 0.3) is 60.3 Å². The van der Waals surface area contributed by atoms with Gasteiger partial charge in [-0.25, -0.2) is 0 Å². The van der Waals surface area contributed by atoms with Gasteiger partial charge < -0.3 is 0 Å². The zero-order valence-electron chi connectivity index (χ0n) is 34.1. The van der Waals surface area contributed by atoms with E-state index in [0.29, 0.717) is 5.92 Å². The van der Waals surface area contributed by atoms with Crippen LogP contribution in [0, 0.1) is 5.92 Å². The number of rotatable bonds is 9. The van der Waals surface area contributed by atoms with E-state index < -0.39 is 0 Å². The SMILES string of the molecule is CC/C(C)=C(/N=C(/c1ccccc1)C(CC)C(C)c1ccccc1)c1ccc2c3ccccc3c3cccc(-c4ccc5c(c4)C(C)(C)c4ccccc4-5)c3c2c1. The standard InChI is InChI=1S/C56H51N/c1-7-36(3)54(57-55(39-22-13-10-14-23-39)42(8-2)37(4)38-20-11-9-12-21-38)41-31-32-46-44-24-15-16-25-45(44)49-28-19-27-43(53(49)50(46)34-41)40-30-33-48-47-26-17-18-29-51(47)56(5,6)52(48)35-40/h9-35,37,42H,7-8H2,1-6H3/b54-36+,57-55-. The van der Waals surface area contributed by atoms with Crippen molar-refractivity contribution in [3.05, 3.63) is 197 Å². The Morgan fingerprint density at radius 3 is 1.89 bits per heavy atom. The fourth-order valence-electron chi connectivity index (χ4n) is 9.70. The molecule has 8 aromatic rings. The van der Waals surface area contributed by atoms with E-state index >= 15 is 0 Å². The third-order valence-electron chi connectivity index (χ3n) is 13.0. The Kier molecular flexibility index (Phi) is 9.49. The second-order valence-corrected chi connectivity index (χ2v) is 16.5. The molecule has 2 atom stereocenters. The quantitative estimate of drug-likeness (QED) is 0.103. The van der Waals surface area contributed by atoms with Gasteiger partial charge >= 0.3 is 0 Å². The number of hydrogen-bond acceptors (Lipinski definition) is 1. The van der Waals surface area contributed by atoms with E-state index in [9.17, 15) is 0 Å². The van der Waals surface area contributed by atoms with Crippen LogP contribution >= 0.6 is 0 Å². The molecule has 0 aromatic heterocycles. The molecule has 0 saturated carbocycles. The molecule has 0 N–H and O–H groups in total. The van der Waals surface area contributed by atoms with Gasteiger partial charge in [0, 0.05) is 16.9 Å². The van der Waals surface area contributed by atoms with Crippen LogP contribution in [0.5, 0.6) is 0 Å². The molecule has 1 aliphatic carbocycles. The molecule has 8 aromatic carbocycles. The molecule has 0 bridgehead atoms. The summed E-state index contributed by atoms with van der Waals surface area (Å²) in [7, 11) is 0. The minimum atomic E-state index is -0.0748. The van der Waals surface area contributed by atoms with E-state index in [1.54, 1.807) is 0 Å². The number of benzene rings is 8. The second kappa shape index (κ2) is 14.8. The third-order valence-corrected chi connectivity index (χ3v) is 13.0. The topological polar surface area (TPSA) is 12.4 Å². The summed E-state index contributed by atoms with van der Waals surface area (Å²) in [6.45, 7) is 13.9. The van der Waals surface area contributed by atoms with E-state index in [2.05, 4.69) is 205 Å². The first-order valence-corrected chi connectivity index (χ1v) is 20.8. The van der Waals surface area contributed by atoms with Gasteiger partial charge in [0.1, 0.15) is 0 Å². The Morgan fingerprint density at radius 1 is 0.544 bits per heavy atom. The predicted molar refractivity (Wildman–Crippen MR) is 246 cm³/mol. The first-order valence-electron chi connectivity index (χ1n) is 20.8. The smallest absolute Gasteiger partial charge is 0.0694 e. The molecule has 280 valence electrons. The van der Waals surface area contributed by atoms with Gasteiger partial charge in [0.25, 0.3) is 0 Å². The Hall–Kier alpha value is -6.05. The van der Waals surface area contributed by atoms with Crippen molar-refractivity contribution in [3.63, 3.8) is 0 Å². The molecule has 1 nitrogen and oxygen atoms in total. The summed E-state index contributed by atoms with van der Waals surface area (Å²) in [5.41, 5.74) is 15.2. The molecule has 0 fully saturated rings. The predicted octanol–water partition coefficient (Wildman–Crippen LogP) is 15.6. The molecule has 1 heteroatoms. The van der Waals surface area contributed by atoms with Gasteiger partial charge in [-0.2, -0.15) is 0 Å². The highest BCUT2D eigenvalue weighted by Crippen LogP contribution is 2.50. The zero-order chi connectivity index (χ0) is 39.3. The lowest BCUT2D eigenvalue weighted by Gasteiger charge is -2.26. The minimum absolute atomic E-state index is 0.0748. The normalized spacial score (nSPS) is 15.0. The summed E-state index contributed by atoms with van der Waals surface area (Å²) in [4.78, 5) is 5.81. The van der Waals surface area contributed by atoms with Gasteiger partial charge in [-0.3, -0.25) is 4.99 Å². The fraction of sp³-hybridized carbons (Fsp3) is 0.196. The largest absolute Gasteiger partial charge is 0.252 e. The number of fused-ring (bicyclic) bond motifs is 9. The maximum Gasteiger partial charge on any atom is 0.0694 e. The van der Waals surface area contributed by atoms with E-state index in [1.165, 1.54) is 82.4 Å². The first kappa shape index (κ1) is 36.6. The number of aliphatic imine (C=N–C) groups is 1. The molecular weight excluding hydrogens is 687 g/mol. The van der Waals surface area contributed by atoms with E-state index in [4.69, 9.17) is 4.99 Å². The van der Waals surface area contributed by atoms with Gasteiger partial charge in [-0.1, -0.05) is 186 Å². The van der Waals surface area contributed by atoms with Crippen LogP contribution in [0.3, 0.4) is 0 Å². The molecule has 0 spiro atoms. The highest BCUT2D eigenvalue weighted by molar-refractivity contribution is 6.28. The van der Waals surface area contributed by atoms with Crippen molar-refractivity contribution < 1.29 is 0 Å². The lowest BCUT2D eigenvalue weighted by atomic mass is 9.80. The molecule has 2 unspecified atom stereocenters. The van der Waals surface area contributed by atoms with Gasteiger partial charge in [-0.15, -0.1) is 0 Å². The Labute approximate surface area is 338 Å². The highest BCUT2D eigenvalue weighted by Gasteiger charge is 2.35. The summed E-state index contributed by atoms with van der Waals surface area (Å²) in [6, 6.07) is 60.9. The Bertz CT molecular complexity index is 2850. The average molecular weight is 738 g/mol. The van der Waals surface area contributed by atoms with Crippen molar-refractivity contribution in [1.29, 1.82) is 0 Å². The van der Waals surface area contributed by atoms with Crippen LogP contribution in [-0.2, 0) is 5.41 Å². The van der Waals surface area contributed by atoms with Gasteiger partial charge in [-0.05, 0) is 120 Å². The Balaban J connectivity index is 1.28. The fourth-order valence-corrected chi connectivity index (χ4v) is 9.70. The molecule has 9 rings (SSSR count). The monoisotopic (exact) mass is 737 g/mol. The van der Waals surface area contributed by atoms with Crippen LogP contribution in [0.1, 0.15) is 88.1 Å². The van der Waals surface area contributed by atoms with E-state index in [-0.39, 0.29) is 11.3 Å². The highest BCUT2D eigenvalue weighted by atomic mass is 14.8. The summed E-state index contributed by atoms with van der Waals surface area (Å²) in [5.74, 6) is 0.541. The first-order chi connectivity index (χ1) is 27.8. The lowest BCUT2D eigenvalue weighted by Crippen LogP contribution is -2.22. The molecule has 0 radical (unpaired) electrons. The summed E-state index contributed by atoms with van der Waals surface area (Å²) >= 11 is 0. The number of nitrogens with zero attached hydrogens (tertiary/aromatic N) is 1. The van der Waals surface area contributed by atoms with Crippen molar-refractivity contribution in [2.75, 3.05) is 0 Å². The molecule has 1 aliphatic rings. The molecule has 0 heterocycles. The zero-order valence-corrected chi connectivity index (χ0v) is 34.1. The third kappa shape index (κ3) is 6.21. The average Bonchev–Trinajstić information content (AvgIpc) is 3.50. The Morgan fingerprint density at radius 2 is 1.16 bits per heavy atom. The molecule has 0 aliphatic heterocycles. The van der Waals surface area contributed by atoms with Crippen molar-refractivity contribution >= 4 is 43.7 Å². The summed E-state index contributed by atoms with van der Waals surface area (Å²) in [6.07, 6.45) is 1.91. The van der Waals surface area contributed by atoms with Crippen LogP contribution in [-0.4, -0.2) is 5.71 Å². The van der Waals surface area contributed by atoms with E-state index in [1.807, 2.05) is 0 Å². The maximum absolute atomic E-state index is 5.81. The maximum atomic E-state index is 5.81. The van der Waals surface area contributed by atoms with Crippen molar-refractivity contribution in [2.24, 2.45) is 10.9 Å². The van der Waals surface area contributed by atoms with Gasteiger partial charge in [0.15, 0.2) is 0 Å². The summed E-state index contributed by atoms with van der Waals surface area (Å²) in [5, 5.41) is 7.68. The molecule has 57 heavy (non-hydrogen) atoms. The minimum Gasteiger partial charge on any atom is -0.252 e. The lowest BCUT2D eigenvalue weighted by molar-refractivity contribution is 0.557. The number of hydrogen-bond donors (Lipinski definition) is 0. The summed E-state index contributed by atoms with van der Waals surface area (Å²) < 4.78 is 0. The number of allylic oxidation sites excluding steroid dienone is 1. The van der Waals surface area contributed by atoms with Crippen molar-refractivity contribution in [2.45, 2.75) is 65.7 Å². The molecule has 0 amide bonds. The molecule has 0 saturated heterocycles. The van der Waals surface area contributed by atoms with E-state index in [0.717, 1.165) is 29.8 Å². The van der Waals surface area contributed by atoms with Crippen LogP contribution < -0.4 is 0 Å². The van der Waals surface area contributed by atoms with Gasteiger partial charge in [0.2, 0.25) is 0 Å². The van der Waals surface area contributed by atoms with Gasteiger partial charge in [0.05, 0.1) is 11.4 Å². The van der Waals surface area contributed by atoms with Crippen molar-refractivity contribution in [1.82, 2.24) is 0 Å². The van der Waals surface area contributed by atoms with Crippen LogP contribution in [0.15, 0.2) is 174 Å². The van der Waals surface area contributed by atoms with Crippen LogP contribution in [0.4, 0.5) is 0 Å². The second-order valence-electron chi connectivity index (χ2n) is 16.5.